The second-order valence-electron chi connectivity index (χ2n) is 6.52. The Morgan fingerprint density at radius 2 is 1.21 bits per heavy atom. The van der Waals surface area contributed by atoms with Gasteiger partial charge in [-0.25, -0.2) is 0 Å². The van der Waals surface area contributed by atoms with E-state index < -0.39 is 19.5 Å². The van der Waals surface area contributed by atoms with Crippen LogP contribution in [0.5, 0.6) is 0 Å². The fourth-order valence-electron chi connectivity index (χ4n) is 4.13. The van der Waals surface area contributed by atoms with Gasteiger partial charge in [0.2, 0.25) is 0 Å². The molecule has 0 bridgehead atoms. The minimum absolute atomic E-state index is 0. The summed E-state index contributed by atoms with van der Waals surface area (Å²) in [7, 11) is 0. The van der Waals surface area contributed by atoms with Gasteiger partial charge in [-0.1, -0.05) is 0 Å². The fourth-order valence-corrected chi connectivity index (χ4v) is 13.9. The summed E-state index contributed by atoms with van der Waals surface area (Å²) in [6, 6.07) is 17.8. The SMILES string of the molecule is Cl.Cl.[BH]=[Zr]([CH2]C)([CH]1C=Cc2ccccc21)[CH]1C=Cc2ccccc21. The molecule has 0 N–H and O–H groups in total. The zero-order chi connectivity index (χ0) is 15.2. The summed E-state index contributed by atoms with van der Waals surface area (Å²) in [5.41, 5.74) is 5.85. The zero-order valence-electron chi connectivity index (χ0n) is 13.8. The van der Waals surface area contributed by atoms with Gasteiger partial charge in [0.1, 0.15) is 0 Å². The van der Waals surface area contributed by atoms with Crippen LogP contribution in [0.1, 0.15) is 36.4 Å². The molecule has 0 heterocycles. The summed E-state index contributed by atoms with van der Waals surface area (Å²) >= 11 is -2.68. The van der Waals surface area contributed by atoms with Crippen LogP contribution >= 0.6 is 24.8 Å². The van der Waals surface area contributed by atoms with E-state index in [2.05, 4.69) is 79.8 Å². The Kier molecular flexibility index (Phi) is 6.40. The molecule has 24 heavy (non-hydrogen) atoms. The van der Waals surface area contributed by atoms with E-state index in [1.807, 2.05) is 0 Å². The monoisotopic (exact) mass is 433 g/mol. The number of benzene rings is 2. The van der Waals surface area contributed by atoms with E-state index in [0.29, 0.717) is 7.25 Å². The average Bonchev–Trinajstić information content (AvgIpc) is 3.19. The number of allylic oxidation sites excluding steroid dienone is 2. The van der Waals surface area contributed by atoms with Crippen LogP contribution in [0.15, 0.2) is 60.7 Å². The third-order valence-electron chi connectivity index (χ3n) is 5.50. The molecule has 4 rings (SSSR count). The Bertz CT molecular complexity index is 776. The molecule has 0 saturated carbocycles. The molecule has 2 aliphatic rings. The van der Waals surface area contributed by atoms with Gasteiger partial charge in [-0.05, 0) is 0 Å². The predicted molar refractivity (Wildman–Crippen MR) is 109 cm³/mol. The molecule has 2 aromatic rings. The normalized spacial score (nSPS) is 22.0. The van der Waals surface area contributed by atoms with Crippen LogP contribution in [0.2, 0.25) is 4.13 Å². The maximum absolute atomic E-state index is 4.96. The van der Waals surface area contributed by atoms with Crippen molar-refractivity contribution in [1.82, 2.24) is 0 Å². The molecule has 0 spiro atoms. The topological polar surface area (TPSA) is 0 Å². The average molecular weight is 435 g/mol. The molecule has 0 aromatic heterocycles. The van der Waals surface area contributed by atoms with E-state index in [1.54, 1.807) is 0 Å². The van der Waals surface area contributed by atoms with Gasteiger partial charge < -0.3 is 0 Å². The predicted octanol–water partition coefficient (Wildman–Crippen LogP) is 5.77. The Labute approximate surface area is 161 Å². The molecule has 0 radical (unpaired) electrons. The van der Waals surface area contributed by atoms with Crippen molar-refractivity contribution >= 4 is 41.9 Å². The summed E-state index contributed by atoms with van der Waals surface area (Å²) in [6.07, 6.45) is 9.53. The number of hydrogen-bond acceptors (Lipinski definition) is 0. The Morgan fingerprint density at radius 3 is 1.62 bits per heavy atom. The standard InChI is InChI=1S/2C9H7.C2H5.BH.2ClH.Zr/c2*1-2-5-9-7-3-6-8(9)4-1;1-2;;;;/h2*1-7H;1H2,2H3;3*1H;. The van der Waals surface area contributed by atoms with E-state index in [4.69, 9.17) is 4.94 Å². The van der Waals surface area contributed by atoms with Crippen molar-refractivity contribution in [2.24, 2.45) is 0 Å². The molecule has 0 saturated heterocycles. The molecule has 0 fully saturated rings. The van der Waals surface area contributed by atoms with Gasteiger partial charge in [0.15, 0.2) is 0 Å². The summed E-state index contributed by atoms with van der Waals surface area (Å²) in [5.74, 6) is 0. The first-order valence-corrected chi connectivity index (χ1v) is 14.4. The molecule has 123 valence electrons. The van der Waals surface area contributed by atoms with Crippen molar-refractivity contribution in [1.29, 1.82) is 0 Å². The molecule has 2 unspecified atom stereocenters. The summed E-state index contributed by atoms with van der Waals surface area (Å²) in [6.45, 7) is 2.37. The Balaban J connectivity index is 0.00000104. The van der Waals surface area contributed by atoms with E-state index in [9.17, 15) is 0 Å². The van der Waals surface area contributed by atoms with Gasteiger partial charge in [0, 0.05) is 0 Å². The first-order valence-electron chi connectivity index (χ1n) is 8.13. The van der Waals surface area contributed by atoms with E-state index >= 15 is 0 Å². The first-order chi connectivity index (χ1) is 10.7. The number of fused-ring (bicyclic) bond motifs is 2. The van der Waals surface area contributed by atoms with Gasteiger partial charge in [0.25, 0.3) is 0 Å². The van der Waals surface area contributed by atoms with Crippen LogP contribution in [-0.4, -0.2) is 4.94 Å². The van der Waals surface area contributed by atoms with Crippen molar-refractivity contribution in [3.8, 4) is 0 Å². The van der Waals surface area contributed by atoms with Crippen molar-refractivity contribution < 1.29 is 19.5 Å². The molecule has 0 amide bonds. The van der Waals surface area contributed by atoms with Gasteiger partial charge in [-0.15, -0.1) is 24.8 Å². The van der Waals surface area contributed by atoms with Gasteiger partial charge in [-0.2, -0.15) is 0 Å². The second-order valence-corrected chi connectivity index (χ2v) is 17.4. The minimum atomic E-state index is -2.68. The molecule has 4 heteroatoms. The van der Waals surface area contributed by atoms with Gasteiger partial charge in [-0.3, -0.25) is 0 Å². The molecule has 2 aromatic carbocycles. The van der Waals surface area contributed by atoms with Crippen LogP contribution in [0.4, 0.5) is 0 Å². The quantitative estimate of drug-likeness (QED) is 0.537. The molecular formula is C20H22BCl2Zr. The second kappa shape index (κ2) is 7.77. The van der Waals surface area contributed by atoms with E-state index in [1.165, 1.54) is 26.4 Å². The molecule has 0 aliphatic heterocycles. The van der Waals surface area contributed by atoms with Crippen molar-refractivity contribution in [2.75, 3.05) is 0 Å². The summed E-state index contributed by atoms with van der Waals surface area (Å²) < 4.78 is 2.45. The molecule has 2 atom stereocenters. The number of hydrogen-bond donors (Lipinski definition) is 0. The Hall–Kier alpha value is -0.552. The molecular weight excluding hydrogens is 413 g/mol. The zero-order valence-corrected chi connectivity index (χ0v) is 17.9. The first kappa shape index (κ1) is 19.8. The van der Waals surface area contributed by atoms with Crippen LogP contribution in [0.3, 0.4) is 0 Å². The van der Waals surface area contributed by atoms with Crippen LogP contribution in [0.25, 0.3) is 12.2 Å². The molecule has 0 nitrogen and oxygen atoms in total. The third-order valence-corrected chi connectivity index (χ3v) is 17.3. The summed E-state index contributed by atoms with van der Waals surface area (Å²) in [5, 5.41) is 0. The van der Waals surface area contributed by atoms with Crippen LogP contribution in [-0.2, 0) is 19.5 Å². The number of halogens is 2. The maximum atomic E-state index is 4.96. The fraction of sp³-hybridized carbons (Fsp3) is 0.200. The van der Waals surface area contributed by atoms with E-state index in [0.717, 1.165) is 0 Å². The van der Waals surface area contributed by atoms with Crippen molar-refractivity contribution in [3.63, 3.8) is 0 Å². The van der Waals surface area contributed by atoms with Crippen molar-refractivity contribution in [2.45, 2.75) is 18.3 Å². The van der Waals surface area contributed by atoms with Gasteiger partial charge >= 0.3 is 138 Å². The van der Waals surface area contributed by atoms with Gasteiger partial charge in [0.05, 0.1) is 0 Å². The summed E-state index contributed by atoms with van der Waals surface area (Å²) in [4.78, 5) is 4.96. The number of rotatable bonds is 3. The van der Waals surface area contributed by atoms with Crippen LogP contribution in [0, 0.1) is 0 Å². The van der Waals surface area contributed by atoms with Crippen molar-refractivity contribution in [3.05, 3.63) is 82.9 Å². The van der Waals surface area contributed by atoms with E-state index in [-0.39, 0.29) is 24.8 Å². The third kappa shape index (κ3) is 3.03. The molecule has 2 aliphatic carbocycles. The Morgan fingerprint density at radius 1 is 0.792 bits per heavy atom. The van der Waals surface area contributed by atoms with Crippen LogP contribution < -0.4 is 0 Å².